The summed E-state index contributed by atoms with van der Waals surface area (Å²) >= 11 is 7.55. The van der Waals surface area contributed by atoms with Gasteiger partial charge in [0.25, 0.3) is 0 Å². The minimum absolute atomic E-state index is 0.774. The molecular formula is C9H9ClN2S. The molecule has 1 aromatic heterocycles. The Morgan fingerprint density at radius 2 is 2.23 bits per heavy atom. The van der Waals surface area contributed by atoms with E-state index in [0.717, 1.165) is 25.9 Å². The van der Waals surface area contributed by atoms with E-state index in [2.05, 4.69) is 10.3 Å². The number of aryl methyl sites for hydroxylation is 1. The SMILES string of the molecule is CNc1nc2c(C)cc(Cl)cc2s1. The lowest BCUT2D eigenvalue weighted by atomic mass is 10.2. The van der Waals surface area contributed by atoms with Crippen molar-refractivity contribution in [1.82, 2.24) is 4.98 Å². The Labute approximate surface area is 85.6 Å². The van der Waals surface area contributed by atoms with E-state index in [1.807, 2.05) is 26.1 Å². The minimum Gasteiger partial charge on any atom is -0.365 e. The smallest absolute Gasteiger partial charge is 0.183 e. The number of fused-ring (bicyclic) bond motifs is 1. The molecule has 0 radical (unpaired) electrons. The molecule has 0 saturated heterocycles. The van der Waals surface area contributed by atoms with Crippen LogP contribution in [-0.2, 0) is 0 Å². The third-order valence-electron chi connectivity index (χ3n) is 1.86. The van der Waals surface area contributed by atoms with Gasteiger partial charge in [0.1, 0.15) is 0 Å². The van der Waals surface area contributed by atoms with Crippen molar-refractivity contribution in [3.63, 3.8) is 0 Å². The maximum atomic E-state index is 5.93. The van der Waals surface area contributed by atoms with Gasteiger partial charge in [0.2, 0.25) is 0 Å². The summed E-state index contributed by atoms with van der Waals surface area (Å²) in [6.07, 6.45) is 0. The Morgan fingerprint density at radius 3 is 2.92 bits per heavy atom. The zero-order valence-electron chi connectivity index (χ0n) is 7.39. The molecule has 0 amide bonds. The molecule has 0 aliphatic carbocycles. The summed E-state index contributed by atoms with van der Waals surface area (Å²) in [5, 5.41) is 4.73. The van der Waals surface area contributed by atoms with Crippen molar-refractivity contribution in [1.29, 1.82) is 0 Å². The first kappa shape index (κ1) is 8.78. The molecular weight excluding hydrogens is 204 g/mol. The van der Waals surface area contributed by atoms with Gasteiger partial charge in [-0.3, -0.25) is 0 Å². The van der Waals surface area contributed by atoms with Crippen LogP contribution in [-0.4, -0.2) is 12.0 Å². The molecule has 2 aromatic rings. The van der Waals surface area contributed by atoms with Gasteiger partial charge < -0.3 is 5.32 Å². The fourth-order valence-electron chi connectivity index (χ4n) is 1.26. The fourth-order valence-corrected chi connectivity index (χ4v) is 2.54. The van der Waals surface area contributed by atoms with Gasteiger partial charge >= 0.3 is 0 Å². The average molecular weight is 213 g/mol. The Morgan fingerprint density at radius 1 is 1.46 bits per heavy atom. The number of rotatable bonds is 1. The number of hydrogen-bond donors (Lipinski definition) is 1. The highest BCUT2D eigenvalue weighted by molar-refractivity contribution is 7.22. The van der Waals surface area contributed by atoms with Crippen molar-refractivity contribution in [3.05, 3.63) is 22.7 Å². The summed E-state index contributed by atoms with van der Waals surface area (Å²) in [6.45, 7) is 2.02. The first-order valence-corrected chi connectivity index (χ1v) is 5.14. The Balaban J connectivity index is 2.75. The quantitative estimate of drug-likeness (QED) is 0.785. The van der Waals surface area contributed by atoms with E-state index in [0.29, 0.717) is 0 Å². The van der Waals surface area contributed by atoms with E-state index in [1.165, 1.54) is 0 Å². The topological polar surface area (TPSA) is 24.9 Å². The predicted molar refractivity (Wildman–Crippen MR) is 58.9 cm³/mol. The lowest BCUT2D eigenvalue weighted by Crippen LogP contribution is -1.84. The van der Waals surface area contributed by atoms with Crippen LogP contribution in [0.3, 0.4) is 0 Å². The molecule has 2 nitrogen and oxygen atoms in total. The number of anilines is 1. The molecule has 0 saturated carbocycles. The molecule has 0 unspecified atom stereocenters. The van der Waals surface area contributed by atoms with E-state index in [9.17, 15) is 0 Å². The van der Waals surface area contributed by atoms with Crippen LogP contribution in [0.4, 0.5) is 5.13 Å². The van der Waals surface area contributed by atoms with Crippen LogP contribution in [0, 0.1) is 6.92 Å². The van der Waals surface area contributed by atoms with Crippen LogP contribution < -0.4 is 5.32 Å². The molecule has 1 heterocycles. The molecule has 1 aromatic carbocycles. The molecule has 0 aliphatic rings. The summed E-state index contributed by atoms with van der Waals surface area (Å²) in [6, 6.07) is 3.88. The van der Waals surface area contributed by atoms with Crippen molar-refractivity contribution < 1.29 is 0 Å². The van der Waals surface area contributed by atoms with E-state index >= 15 is 0 Å². The Kier molecular flexibility index (Phi) is 2.14. The number of halogens is 1. The lowest BCUT2D eigenvalue weighted by molar-refractivity contribution is 1.38. The van der Waals surface area contributed by atoms with Crippen molar-refractivity contribution in [2.45, 2.75) is 6.92 Å². The molecule has 68 valence electrons. The van der Waals surface area contributed by atoms with E-state index < -0.39 is 0 Å². The zero-order valence-corrected chi connectivity index (χ0v) is 8.96. The summed E-state index contributed by atoms with van der Waals surface area (Å²) in [7, 11) is 1.87. The second-order valence-corrected chi connectivity index (χ2v) is 4.31. The Bertz CT molecular complexity index is 450. The van der Waals surface area contributed by atoms with Crippen LogP contribution >= 0.6 is 22.9 Å². The van der Waals surface area contributed by atoms with Crippen molar-refractivity contribution in [2.75, 3.05) is 12.4 Å². The third-order valence-corrected chi connectivity index (χ3v) is 3.10. The van der Waals surface area contributed by atoms with Crippen molar-refractivity contribution in [2.24, 2.45) is 0 Å². The summed E-state index contributed by atoms with van der Waals surface area (Å²) in [5.41, 5.74) is 2.17. The second kappa shape index (κ2) is 3.16. The van der Waals surface area contributed by atoms with Gasteiger partial charge in [-0.05, 0) is 24.6 Å². The van der Waals surface area contributed by atoms with Gasteiger partial charge in [-0.2, -0.15) is 0 Å². The molecule has 2 rings (SSSR count). The Hall–Kier alpha value is -0.800. The molecule has 0 spiro atoms. The van der Waals surface area contributed by atoms with Gasteiger partial charge in [0, 0.05) is 12.1 Å². The van der Waals surface area contributed by atoms with Gasteiger partial charge in [-0.15, -0.1) is 0 Å². The van der Waals surface area contributed by atoms with E-state index in [4.69, 9.17) is 11.6 Å². The summed E-state index contributed by atoms with van der Waals surface area (Å²) in [5.74, 6) is 0. The molecule has 0 aliphatic heterocycles. The highest BCUT2D eigenvalue weighted by Crippen LogP contribution is 2.30. The van der Waals surface area contributed by atoms with E-state index in [-0.39, 0.29) is 0 Å². The largest absolute Gasteiger partial charge is 0.365 e. The van der Waals surface area contributed by atoms with Crippen LogP contribution in [0.1, 0.15) is 5.56 Å². The molecule has 0 bridgehead atoms. The second-order valence-electron chi connectivity index (χ2n) is 2.84. The predicted octanol–water partition coefficient (Wildman–Crippen LogP) is 3.30. The van der Waals surface area contributed by atoms with Crippen LogP contribution in [0.25, 0.3) is 10.2 Å². The van der Waals surface area contributed by atoms with Crippen molar-refractivity contribution >= 4 is 38.3 Å². The molecule has 0 fully saturated rings. The molecule has 1 N–H and O–H groups in total. The van der Waals surface area contributed by atoms with Crippen molar-refractivity contribution in [3.8, 4) is 0 Å². The average Bonchev–Trinajstić information content (AvgIpc) is 2.47. The van der Waals surface area contributed by atoms with Gasteiger partial charge in [-0.25, -0.2) is 4.98 Å². The monoisotopic (exact) mass is 212 g/mol. The van der Waals surface area contributed by atoms with Crippen LogP contribution in [0.2, 0.25) is 5.02 Å². The third kappa shape index (κ3) is 1.49. The maximum Gasteiger partial charge on any atom is 0.183 e. The van der Waals surface area contributed by atoms with Gasteiger partial charge in [-0.1, -0.05) is 22.9 Å². The number of hydrogen-bond acceptors (Lipinski definition) is 3. The number of nitrogens with zero attached hydrogens (tertiary/aromatic N) is 1. The summed E-state index contributed by atoms with van der Waals surface area (Å²) in [4.78, 5) is 4.42. The standard InChI is InChI=1S/C9H9ClN2S/c1-5-3-6(10)4-7-8(5)12-9(11-2)13-7/h3-4H,1-2H3,(H,11,12). The van der Waals surface area contributed by atoms with E-state index in [1.54, 1.807) is 11.3 Å². The highest BCUT2D eigenvalue weighted by atomic mass is 35.5. The molecule has 13 heavy (non-hydrogen) atoms. The fraction of sp³-hybridized carbons (Fsp3) is 0.222. The van der Waals surface area contributed by atoms with Gasteiger partial charge in [0.05, 0.1) is 10.2 Å². The normalized spacial score (nSPS) is 10.7. The van der Waals surface area contributed by atoms with Gasteiger partial charge in [0.15, 0.2) is 5.13 Å². The number of thiazole rings is 1. The number of nitrogens with one attached hydrogen (secondary N) is 1. The zero-order chi connectivity index (χ0) is 9.42. The minimum atomic E-state index is 0.774. The maximum absolute atomic E-state index is 5.93. The lowest BCUT2D eigenvalue weighted by Gasteiger charge is -1.94. The number of benzene rings is 1. The molecule has 4 heteroatoms. The molecule has 0 atom stereocenters. The van der Waals surface area contributed by atoms with Crippen LogP contribution in [0.5, 0.6) is 0 Å². The number of aromatic nitrogens is 1. The first-order chi connectivity index (χ1) is 6.20. The first-order valence-electron chi connectivity index (χ1n) is 3.95. The highest BCUT2D eigenvalue weighted by Gasteiger charge is 2.05. The summed E-state index contributed by atoms with van der Waals surface area (Å²) < 4.78 is 1.13. The van der Waals surface area contributed by atoms with Crippen LogP contribution in [0.15, 0.2) is 12.1 Å².